The molecule has 0 spiro atoms. The summed E-state index contributed by atoms with van der Waals surface area (Å²) in [4.78, 5) is 4.03. The van der Waals surface area contributed by atoms with E-state index >= 15 is 0 Å². The molecule has 0 aliphatic carbocycles. The summed E-state index contributed by atoms with van der Waals surface area (Å²) >= 11 is 6.19. The smallest absolute Gasteiger partial charge is 0.0622 e. The molecule has 0 aliphatic rings. The van der Waals surface area contributed by atoms with Gasteiger partial charge in [-0.1, -0.05) is 29.8 Å². The highest BCUT2D eigenvalue weighted by atomic mass is 35.5. The van der Waals surface area contributed by atoms with Crippen LogP contribution in [-0.4, -0.2) is 12.0 Å². The van der Waals surface area contributed by atoms with Crippen LogP contribution in [0.3, 0.4) is 0 Å². The number of pyridine rings is 1. The summed E-state index contributed by atoms with van der Waals surface area (Å²) in [6.07, 6.45) is 4.35. The minimum absolute atomic E-state index is 0.264. The molecule has 1 aromatic heterocycles. The van der Waals surface area contributed by atoms with Gasteiger partial charge in [0.2, 0.25) is 0 Å². The van der Waals surface area contributed by atoms with Crippen LogP contribution in [0.4, 0.5) is 0 Å². The van der Waals surface area contributed by atoms with Crippen LogP contribution in [0.25, 0.3) is 0 Å². The van der Waals surface area contributed by atoms with Crippen molar-refractivity contribution in [1.82, 2.24) is 10.3 Å². The van der Waals surface area contributed by atoms with Gasteiger partial charge < -0.3 is 5.32 Å². The number of likely N-dealkylation sites (N-methyl/N-ethyl adjacent to an activating group) is 1. The topological polar surface area (TPSA) is 24.9 Å². The number of benzene rings is 1. The molecule has 1 heterocycles. The molecule has 19 heavy (non-hydrogen) atoms. The van der Waals surface area contributed by atoms with Gasteiger partial charge in [0.15, 0.2) is 0 Å². The monoisotopic (exact) mass is 274 g/mol. The maximum Gasteiger partial charge on any atom is 0.0622 e. The minimum Gasteiger partial charge on any atom is -0.313 e. The second-order valence-corrected chi connectivity index (χ2v) is 5.21. The van der Waals surface area contributed by atoms with Gasteiger partial charge >= 0.3 is 0 Å². The summed E-state index contributed by atoms with van der Waals surface area (Å²) in [5.41, 5.74) is 5.11. The van der Waals surface area contributed by atoms with Crippen LogP contribution in [0.15, 0.2) is 36.7 Å². The van der Waals surface area contributed by atoms with E-state index < -0.39 is 0 Å². The van der Waals surface area contributed by atoms with Gasteiger partial charge in [0.1, 0.15) is 0 Å². The summed E-state index contributed by atoms with van der Waals surface area (Å²) in [6, 6.07) is 8.68. The van der Waals surface area contributed by atoms with Crippen LogP contribution in [0.5, 0.6) is 0 Å². The molecular weight excluding hydrogens is 256 g/mol. The number of aryl methyl sites for hydroxylation is 1. The Morgan fingerprint density at radius 2 is 2.05 bits per heavy atom. The number of aromatic nitrogens is 1. The van der Waals surface area contributed by atoms with Crippen molar-refractivity contribution in [3.8, 4) is 0 Å². The Bertz CT molecular complexity index is 566. The van der Waals surface area contributed by atoms with E-state index in [0.29, 0.717) is 0 Å². The van der Waals surface area contributed by atoms with Crippen LogP contribution < -0.4 is 5.32 Å². The van der Waals surface area contributed by atoms with Gasteiger partial charge in [0.25, 0.3) is 0 Å². The maximum absolute atomic E-state index is 6.19. The summed E-state index contributed by atoms with van der Waals surface area (Å²) < 4.78 is 0. The molecule has 0 fully saturated rings. The van der Waals surface area contributed by atoms with Gasteiger partial charge in [-0.3, -0.25) is 4.98 Å². The van der Waals surface area contributed by atoms with Crippen molar-refractivity contribution in [3.05, 3.63) is 63.9 Å². The van der Waals surface area contributed by atoms with Crippen molar-refractivity contribution in [2.24, 2.45) is 0 Å². The first-order valence-electron chi connectivity index (χ1n) is 6.45. The van der Waals surface area contributed by atoms with Crippen molar-refractivity contribution in [3.63, 3.8) is 0 Å². The summed E-state index contributed by atoms with van der Waals surface area (Å²) in [5, 5.41) is 4.11. The van der Waals surface area contributed by atoms with Crippen LogP contribution in [-0.2, 0) is 6.42 Å². The van der Waals surface area contributed by atoms with E-state index in [1.165, 1.54) is 16.7 Å². The van der Waals surface area contributed by atoms with E-state index in [1.54, 1.807) is 12.4 Å². The van der Waals surface area contributed by atoms with Gasteiger partial charge in [-0.25, -0.2) is 0 Å². The lowest BCUT2D eigenvalue weighted by molar-refractivity contribution is 0.588. The maximum atomic E-state index is 6.19. The van der Waals surface area contributed by atoms with Crippen molar-refractivity contribution >= 4 is 11.6 Å². The molecule has 0 aliphatic heterocycles. The lowest BCUT2D eigenvalue weighted by atomic mass is 9.93. The van der Waals surface area contributed by atoms with Crippen LogP contribution in [0.1, 0.15) is 28.3 Å². The van der Waals surface area contributed by atoms with E-state index in [0.717, 1.165) is 17.0 Å². The zero-order chi connectivity index (χ0) is 13.8. The van der Waals surface area contributed by atoms with Gasteiger partial charge in [-0.2, -0.15) is 0 Å². The van der Waals surface area contributed by atoms with Crippen molar-refractivity contribution in [2.45, 2.75) is 26.3 Å². The molecule has 0 radical (unpaired) electrons. The molecule has 0 saturated carbocycles. The lowest BCUT2D eigenvalue weighted by Crippen LogP contribution is -2.20. The van der Waals surface area contributed by atoms with Crippen LogP contribution in [0, 0.1) is 13.8 Å². The minimum atomic E-state index is 0.264. The Balaban J connectivity index is 2.31. The van der Waals surface area contributed by atoms with Crippen molar-refractivity contribution in [2.75, 3.05) is 7.05 Å². The normalized spacial score (nSPS) is 12.4. The predicted molar refractivity (Wildman–Crippen MR) is 80.7 cm³/mol. The molecule has 0 bridgehead atoms. The summed E-state index contributed by atoms with van der Waals surface area (Å²) in [7, 11) is 1.99. The molecule has 100 valence electrons. The first-order valence-corrected chi connectivity index (χ1v) is 6.83. The SMILES string of the molecule is CNC(Cc1ccncc1Cl)c1cccc(C)c1C. The number of nitrogens with one attached hydrogen (secondary N) is 1. The summed E-state index contributed by atoms with van der Waals surface area (Å²) in [6.45, 7) is 4.31. The van der Waals surface area contributed by atoms with Crippen LogP contribution >= 0.6 is 11.6 Å². The van der Waals surface area contributed by atoms with E-state index in [2.05, 4.69) is 42.3 Å². The van der Waals surface area contributed by atoms with Crippen molar-refractivity contribution in [1.29, 1.82) is 0 Å². The third-order valence-corrected chi connectivity index (χ3v) is 3.99. The molecular formula is C16H19ClN2. The average molecular weight is 275 g/mol. The fraction of sp³-hybridized carbons (Fsp3) is 0.312. The molecule has 2 rings (SSSR count). The Kier molecular flexibility index (Phi) is 4.56. The fourth-order valence-corrected chi connectivity index (χ4v) is 2.50. The van der Waals surface area contributed by atoms with Crippen molar-refractivity contribution < 1.29 is 0 Å². The summed E-state index contributed by atoms with van der Waals surface area (Å²) in [5.74, 6) is 0. The Morgan fingerprint density at radius 3 is 2.74 bits per heavy atom. The number of halogens is 1. The molecule has 1 aromatic carbocycles. The fourth-order valence-electron chi connectivity index (χ4n) is 2.31. The Labute approximate surface area is 119 Å². The molecule has 0 saturated heterocycles. The highest BCUT2D eigenvalue weighted by Gasteiger charge is 2.14. The molecule has 2 aromatic rings. The number of nitrogens with zero attached hydrogens (tertiary/aromatic N) is 1. The largest absolute Gasteiger partial charge is 0.313 e. The van der Waals surface area contributed by atoms with Gasteiger partial charge in [0, 0.05) is 18.4 Å². The third-order valence-electron chi connectivity index (χ3n) is 3.65. The Morgan fingerprint density at radius 1 is 1.26 bits per heavy atom. The van der Waals surface area contributed by atoms with E-state index in [1.807, 2.05) is 13.1 Å². The molecule has 1 atom stereocenters. The standard InChI is InChI=1S/C16H19ClN2/c1-11-5-4-6-14(12(11)2)16(18-3)9-13-7-8-19-10-15(13)17/h4-8,10,16,18H,9H2,1-3H3. The molecule has 0 amide bonds. The highest BCUT2D eigenvalue weighted by Crippen LogP contribution is 2.26. The van der Waals surface area contributed by atoms with Gasteiger partial charge in [-0.05, 0) is 55.6 Å². The van der Waals surface area contributed by atoms with Gasteiger partial charge in [-0.15, -0.1) is 0 Å². The number of hydrogen-bond acceptors (Lipinski definition) is 2. The number of hydrogen-bond donors (Lipinski definition) is 1. The molecule has 1 N–H and O–H groups in total. The first-order chi connectivity index (χ1) is 9.13. The van der Waals surface area contributed by atoms with Crippen LogP contribution in [0.2, 0.25) is 5.02 Å². The first kappa shape index (κ1) is 14.0. The average Bonchev–Trinajstić information content (AvgIpc) is 2.41. The molecule has 3 heteroatoms. The third kappa shape index (κ3) is 3.14. The zero-order valence-electron chi connectivity index (χ0n) is 11.6. The molecule has 1 unspecified atom stereocenters. The lowest BCUT2D eigenvalue weighted by Gasteiger charge is -2.20. The van der Waals surface area contributed by atoms with E-state index in [9.17, 15) is 0 Å². The second kappa shape index (κ2) is 6.18. The highest BCUT2D eigenvalue weighted by molar-refractivity contribution is 6.31. The molecule has 2 nitrogen and oxygen atoms in total. The number of rotatable bonds is 4. The Hall–Kier alpha value is -1.38. The van der Waals surface area contributed by atoms with E-state index in [4.69, 9.17) is 11.6 Å². The quantitative estimate of drug-likeness (QED) is 0.916. The zero-order valence-corrected chi connectivity index (χ0v) is 12.3. The van der Waals surface area contributed by atoms with E-state index in [-0.39, 0.29) is 6.04 Å². The predicted octanol–water partition coefficient (Wildman–Crippen LogP) is 3.86. The second-order valence-electron chi connectivity index (χ2n) is 4.80. The van der Waals surface area contributed by atoms with Gasteiger partial charge in [0.05, 0.1) is 5.02 Å².